The number of Topliss-reactive ketones (excluding diaryl/α,β-unsaturated/α-hetero) is 1. The molecule has 0 aromatic rings. The van der Waals surface area contributed by atoms with Crippen LogP contribution in [-0.2, 0) is 4.79 Å². The molecular weight excluding hydrogens is 268 g/mol. The Kier molecular flexibility index (Phi) is 3.05. The topological polar surface area (TPSA) is 17.1 Å². The van der Waals surface area contributed by atoms with E-state index >= 15 is 0 Å². The van der Waals surface area contributed by atoms with Crippen molar-refractivity contribution in [3.05, 3.63) is 11.6 Å². The quantitative estimate of drug-likeness (QED) is 0.536. The highest BCUT2D eigenvalue weighted by Gasteiger charge is 2.58. The highest BCUT2D eigenvalue weighted by molar-refractivity contribution is 5.87. The molecule has 0 N–H and O–H groups in total. The Bertz CT molecular complexity index is 542. The first-order valence-corrected chi connectivity index (χ1v) is 9.49. The Morgan fingerprint density at radius 2 is 1.68 bits per heavy atom. The number of ketones is 1. The molecule has 0 radical (unpaired) electrons. The van der Waals surface area contributed by atoms with Gasteiger partial charge in [-0.15, -0.1) is 0 Å². The van der Waals surface area contributed by atoms with E-state index in [0.717, 1.165) is 24.7 Å². The van der Waals surface area contributed by atoms with Gasteiger partial charge in [0.05, 0.1) is 0 Å². The van der Waals surface area contributed by atoms with E-state index in [1.807, 2.05) is 0 Å². The number of carbonyl (C=O) groups excluding carboxylic acids is 1. The van der Waals surface area contributed by atoms with E-state index in [9.17, 15) is 4.79 Å². The second-order valence-corrected chi connectivity index (χ2v) is 10.0. The van der Waals surface area contributed by atoms with Crippen LogP contribution in [0.2, 0.25) is 0 Å². The summed E-state index contributed by atoms with van der Waals surface area (Å²) in [4.78, 5) is 12.4. The van der Waals surface area contributed by atoms with Crippen molar-refractivity contribution in [1.82, 2.24) is 0 Å². The molecule has 0 aromatic heterocycles. The molecule has 0 heterocycles. The first-order chi connectivity index (χ1) is 10.3. The molecule has 1 nitrogen and oxygen atoms in total. The van der Waals surface area contributed by atoms with Gasteiger partial charge < -0.3 is 0 Å². The Labute approximate surface area is 135 Å². The summed E-state index contributed by atoms with van der Waals surface area (Å²) < 4.78 is 0. The van der Waals surface area contributed by atoms with Gasteiger partial charge in [0.1, 0.15) is 5.78 Å². The summed E-state index contributed by atoms with van der Waals surface area (Å²) >= 11 is 0. The van der Waals surface area contributed by atoms with E-state index < -0.39 is 0 Å². The normalized spacial score (nSPS) is 49.9. The zero-order chi connectivity index (χ0) is 15.8. The molecule has 0 saturated heterocycles. The van der Waals surface area contributed by atoms with Crippen molar-refractivity contribution in [2.75, 3.05) is 0 Å². The van der Waals surface area contributed by atoms with Gasteiger partial charge >= 0.3 is 0 Å². The Morgan fingerprint density at radius 3 is 2.45 bits per heavy atom. The first kappa shape index (κ1) is 15.0. The van der Waals surface area contributed by atoms with Crippen LogP contribution in [0.5, 0.6) is 0 Å². The van der Waals surface area contributed by atoms with E-state index in [1.54, 1.807) is 5.57 Å². The molecule has 4 aliphatic carbocycles. The molecule has 4 aliphatic rings. The van der Waals surface area contributed by atoms with Gasteiger partial charge in [0, 0.05) is 11.8 Å². The average Bonchev–Trinajstić information content (AvgIpc) is 2.76. The van der Waals surface area contributed by atoms with E-state index in [2.05, 4.69) is 33.8 Å². The maximum atomic E-state index is 12.4. The van der Waals surface area contributed by atoms with Crippen LogP contribution >= 0.6 is 0 Å². The van der Waals surface area contributed by atoms with Gasteiger partial charge in [0.15, 0.2) is 0 Å². The monoisotopic (exact) mass is 300 g/mol. The fourth-order valence-corrected chi connectivity index (χ4v) is 6.75. The summed E-state index contributed by atoms with van der Waals surface area (Å²) in [5, 5.41) is 0. The molecule has 22 heavy (non-hydrogen) atoms. The number of allylic oxidation sites excluding steroid dienone is 2. The molecule has 3 saturated carbocycles. The van der Waals surface area contributed by atoms with E-state index in [4.69, 9.17) is 0 Å². The van der Waals surface area contributed by atoms with Crippen LogP contribution < -0.4 is 0 Å². The molecule has 3 fully saturated rings. The smallest absolute Gasteiger partial charge is 0.139 e. The Morgan fingerprint density at radius 1 is 0.955 bits per heavy atom. The molecule has 0 bridgehead atoms. The van der Waals surface area contributed by atoms with Crippen LogP contribution in [0.3, 0.4) is 0 Å². The highest BCUT2D eigenvalue weighted by Crippen LogP contribution is 2.65. The van der Waals surface area contributed by atoms with Crippen molar-refractivity contribution in [1.29, 1.82) is 0 Å². The molecule has 122 valence electrons. The number of rotatable bonds is 0. The molecule has 5 atom stereocenters. The van der Waals surface area contributed by atoms with Gasteiger partial charge in [-0.1, -0.05) is 39.3 Å². The number of fused-ring (bicyclic) bond motifs is 5. The average molecular weight is 300 g/mol. The van der Waals surface area contributed by atoms with E-state index in [1.165, 1.54) is 38.5 Å². The van der Waals surface area contributed by atoms with Crippen LogP contribution in [0.25, 0.3) is 0 Å². The largest absolute Gasteiger partial charge is 0.299 e. The van der Waals surface area contributed by atoms with Crippen LogP contribution in [0.4, 0.5) is 0 Å². The number of hydrogen-bond donors (Lipinski definition) is 0. The van der Waals surface area contributed by atoms with Gasteiger partial charge in [0.25, 0.3) is 0 Å². The van der Waals surface area contributed by atoms with Crippen LogP contribution in [0.1, 0.15) is 79.1 Å². The predicted molar refractivity (Wildman–Crippen MR) is 90.5 cm³/mol. The van der Waals surface area contributed by atoms with Crippen molar-refractivity contribution in [3.8, 4) is 0 Å². The van der Waals surface area contributed by atoms with Gasteiger partial charge in [-0.25, -0.2) is 0 Å². The molecule has 1 heteroatoms. The van der Waals surface area contributed by atoms with Crippen LogP contribution in [-0.4, -0.2) is 5.78 Å². The van der Waals surface area contributed by atoms with Crippen molar-refractivity contribution < 1.29 is 4.79 Å². The zero-order valence-electron chi connectivity index (χ0n) is 14.9. The van der Waals surface area contributed by atoms with E-state index in [0.29, 0.717) is 22.5 Å². The van der Waals surface area contributed by atoms with Gasteiger partial charge in [-0.05, 0) is 73.5 Å². The molecule has 0 unspecified atom stereocenters. The van der Waals surface area contributed by atoms with Crippen molar-refractivity contribution in [2.24, 2.45) is 34.0 Å². The molecule has 0 spiro atoms. The lowest BCUT2D eigenvalue weighted by Gasteiger charge is -2.58. The second-order valence-electron chi connectivity index (χ2n) is 10.0. The lowest BCUT2D eigenvalue weighted by atomic mass is 9.46. The standard InChI is InChI=1S/C21H32O/c1-19(2)11-12-20(3)14(13-19)5-6-15-16-7-8-18(22)21(16,4)10-9-17(15)20/h5,15-17H,6-13H2,1-4H3/t15-,16-,17+,20-,21-/m0/s1. The summed E-state index contributed by atoms with van der Waals surface area (Å²) in [7, 11) is 0. The van der Waals surface area contributed by atoms with Crippen molar-refractivity contribution >= 4 is 5.78 Å². The summed E-state index contributed by atoms with van der Waals surface area (Å²) in [6.45, 7) is 9.72. The zero-order valence-corrected chi connectivity index (χ0v) is 14.9. The van der Waals surface area contributed by atoms with Gasteiger partial charge in [0.2, 0.25) is 0 Å². The molecular formula is C21H32O. The highest BCUT2D eigenvalue weighted by atomic mass is 16.1. The van der Waals surface area contributed by atoms with Crippen LogP contribution in [0, 0.1) is 34.0 Å². The third-order valence-corrected chi connectivity index (χ3v) is 8.32. The molecule has 4 rings (SSSR count). The minimum Gasteiger partial charge on any atom is -0.299 e. The molecule has 0 aromatic carbocycles. The summed E-state index contributed by atoms with van der Waals surface area (Å²) in [5.41, 5.74) is 2.71. The number of hydrogen-bond acceptors (Lipinski definition) is 1. The SMILES string of the molecule is CC1(C)CC[C@@]2(C)C(=CC[C@@H]3[C@H]2CC[C@]2(C)C(=O)CC[C@@H]32)C1. The van der Waals surface area contributed by atoms with E-state index in [-0.39, 0.29) is 5.41 Å². The Hall–Kier alpha value is -0.590. The van der Waals surface area contributed by atoms with Gasteiger partial charge in [-0.3, -0.25) is 4.79 Å². The minimum atomic E-state index is 0.0246. The summed E-state index contributed by atoms with van der Waals surface area (Å²) in [5.74, 6) is 2.86. The number of carbonyl (C=O) groups is 1. The first-order valence-electron chi connectivity index (χ1n) is 9.49. The third-order valence-electron chi connectivity index (χ3n) is 8.32. The molecule has 0 aliphatic heterocycles. The second kappa shape index (κ2) is 4.48. The molecule has 0 amide bonds. The third kappa shape index (κ3) is 1.86. The van der Waals surface area contributed by atoms with Crippen molar-refractivity contribution in [3.63, 3.8) is 0 Å². The summed E-state index contributed by atoms with van der Waals surface area (Å²) in [6.07, 6.45) is 12.4. The van der Waals surface area contributed by atoms with Crippen LogP contribution in [0.15, 0.2) is 11.6 Å². The fraction of sp³-hybridized carbons (Fsp3) is 0.857. The maximum Gasteiger partial charge on any atom is 0.139 e. The lowest BCUT2D eigenvalue weighted by Crippen LogP contribution is -2.50. The Balaban J connectivity index is 1.69. The van der Waals surface area contributed by atoms with Crippen molar-refractivity contribution in [2.45, 2.75) is 79.1 Å². The summed E-state index contributed by atoms with van der Waals surface area (Å²) in [6, 6.07) is 0. The fourth-order valence-electron chi connectivity index (χ4n) is 6.75. The minimum absolute atomic E-state index is 0.0246. The predicted octanol–water partition coefficient (Wildman–Crippen LogP) is 5.54. The lowest BCUT2D eigenvalue weighted by molar-refractivity contribution is -0.132. The maximum absolute atomic E-state index is 12.4. The van der Waals surface area contributed by atoms with Gasteiger partial charge in [-0.2, -0.15) is 0 Å².